The van der Waals surface area contributed by atoms with Crippen LogP contribution in [0.25, 0.3) is 6.08 Å². The third-order valence-electron chi connectivity index (χ3n) is 3.06. The van der Waals surface area contributed by atoms with E-state index in [1.807, 2.05) is 0 Å². The molecule has 0 amide bonds. The van der Waals surface area contributed by atoms with E-state index in [4.69, 9.17) is 4.42 Å². The Morgan fingerprint density at radius 2 is 1.70 bits per heavy atom. The standard InChI is InChI=1S/C15H11F6N5O/c1-22-13(25-26(2)4-3-12-24-23-8-27-12)9-5-10(14(16,17)18)7-11(6-9)15(19,20)21/h3-8H,1H2,2H3/b4-3-,25-13-. The van der Waals surface area contributed by atoms with Crippen molar-refractivity contribution >= 4 is 18.6 Å². The Balaban J connectivity index is 2.44. The van der Waals surface area contributed by atoms with E-state index in [2.05, 4.69) is 27.0 Å². The lowest BCUT2D eigenvalue weighted by Crippen LogP contribution is -2.14. The molecule has 27 heavy (non-hydrogen) atoms. The summed E-state index contributed by atoms with van der Waals surface area (Å²) in [5.41, 5.74) is -3.45. The summed E-state index contributed by atoms with van der Waals surface area (Å²) in [6, 6.07) is 1.04. The van der Waals surface area contributed by atoms with Gasteiger partial charge in [-0.1, -0.05) is 0 Å². The quantitative estimate of drug-likeness (QED) is 0.341. The molecule has 0 aliphatic carbocycles. The van der Waals surface area contributed by atoms with E-state index in [-0.39, 0.29) is 12.0 Å². The van der Waals surface area contributed by atoms with Crippen LogP contribution in [0.4, 0.5) is 26.3 Å². The minimum absolute atomic E-state index is 0.0173. The van der Waals surface area contributed by atoms with Gasteiger partial charge in [0.2, 0.25) is 12.3 Å². The topological polar surface area (TPSA) is 66.9 Å². The van der Waals surface area contributed by atoms with Gasteiger partial charge in [0, 0.05) is 24.9 Å². The molecular weight excluding hydrogens is 380 g/mol. The Labute approximate surface area is 148 Å². The van der Waals surface area contributed by atoms with Crippen LogP contribution < -0.4 is 0 Å². The van der Waals surface area contributed by atoms with E-state index >= 15 is 0 Å². The summed E-state index contributed by atoms with van der Waals surface area (Å²) in [4.78, 5) is 3.43. The lowest BCUT2D eigenvalue weighted by Gasteiger charge is -2.15. The van der Waals surface area contributed by atoms with Crippen LogP contribution in [-0.2, 0) is 12.4 Å². The average molecular weight is 391 g/mol. The largest absolute Gasteiger partial charge is 0.424 e. The number of alkyl halides is 6. The lowest BCUT2D eigenvalue weighted by molar-refractivity contribution is -0.143. The zero-order valence-electron chi connectivity index (χ0n) is 13.6. The van der Waals surface area contributed by atoms with Crippen LogP contribution in [-0.4, -0.2) is 34.8 Å². The molecule has 144 valence electrons. The predicted molar refractivity (Wildman–Crippen MR) is 83.6 cm³/mol. The fraction of sp³-hybridized carbons (Fsp3) is 0.200. The van der Waals surface area contributed by atoms with Crippen molar-refractivity contribution < 1.29 is 30.8 Å². The normalized spacial score (nSPS) is 13.2. The molecule has 0 fully saturated rings. The maximum absolute atomic E-state index is 12.9. The molecule has 1 heterocycles. The van der Waals surface area contributed by atoms with Crippen LogP contribution >= 0.6 is 0 Å². The first-order chi connectivity index (χ1) is 12.5. The summed E-state index contributed by atoms with van der Waals surface area (Å²) >= 11 is 0. The molecule has 0 aliphatic heterocycles. The van der Waals surface area contributed by atoms with Crippen LogP contribution in [0.15, 0.2) is 45.3 Å². The van der Waals surface area contributed by atoms with Gasteiger partial charge in [-0.05, 0) is 24.9 Å². The van der Waals surface area contributed by atoms with Gasteiger partial charge in [-0.2, -0.15) is 31.4 Å². The fourth-order valence-electron chi connectivity index (χ4n) is 1.87. The zero-order chi connectivity index (χ0) is 20.2. The second kappa shape index (κ2) is 7.60. The summed E-state index contributed by atoms with van der Waals surface area (Å²) in [6.45, 7) is 3.15. The van der Waals surface area contributed by atoms with Gasteiger partial charge in [-0.15, -0.1) is 10.2 Å². The monoisotopic (exact) mass is 391 g/mol. The summed E-state index contributed by atoms with van der Waals surface area (Å²) in [5, 5.41) is 11.9. The number of amidine groups is 1. The number of halogens is 6. The van der Waals surface area contributed by atoms with Gasteiger partial charge in [0.15, 0.2) is 5.84 Å². The van der Waals surface area contributed by atoms with Crippen molar-refractivity contribution in [3.63, 3.8) is 0 Å². The SMILES string of the molecule is C=N/C(=N\N(C)/C=C\c1nnco1)c1cc(C(F)(F)F)cc(C(F)(F)F)c1. The van der Waals surface area contributed by atoms with Crippen molar-refractivity contribution in [3.05, 3.63) is 53.4 Å². The third kappa shape index (κ3) is 5.39. The first-order valence-electron chi connectivity index (χ1n) is 7.03. The van der Waals surface area contributed by atoms with Crippen molar-refractivity contribution in [3.8, 4) is 0 Å². The van der Waals surface area contributed by atoms with Gasteiger partial charge in [0.1, 0.15) is 0 Å². The Bertz CT molecular complexity index is 822. The molecule has 0 aliphatic rings. The van der Waals surface area contributed by atoms with E-state index in [0.717, 1.165) is 11.4 Å². The Morgan fingerprint density at radius 3 is 2.15 bits per heavy atom. The van der Waals surface area contributed by atoms with Crippen LogP contribution in [0.3, 0.4) is 0 Å². The van der Waals surface area contributed by atoms with Crippen LogP contribution in [0.2, 0.25) is 0 Å². The Hall–Kier alpha value is -3.18. The molecule has 12 heteroatoms. The smallest absolute Gasteiger partial charge is 0.416 e. The van der Waals surface area contributed by atoms with Gasteiger partial charge < -0.3 is 4.42 Å². The summed E-state index contributed by atoms with van der Waals surface area (Å²) < 4.78 is 82.5. The van der Waals surface area contributed by atoms with E-state index in [1.54, 1.807) is 0 Å². The highest BCUT2D eigenvalue weighted by Gasteiger charge is 2.37. The predicted octanol–water partition coefficient (Wildman–Crippen LogP) is 4.07. The van der Waals surface area contributed by atoms with Gasteiger partial charge in [-0.25, -0.2) is 4.99 Å². The van der Waals surface area contributed by atoms with Gasteiger partial charge >= 0.3 is 12.4 Å². The molecule has 6 nitrogen and oxygen atoms in total. The fourth-order valence-corrected chi connectivity index (χ4v) is 1.87. The van der Waals surface area contributed by atoms with E-state index in [1.165, 1.54) is 19.3 Å². The highest BCUT2D eigenvalue weighted by Crippen LogP contribution is 2.36. The average Bonchev–Trinajstić information content (AvgIpc) is 3.09. The molecule has 0 radical (unpaired) electrons. The number of hydrazone groups is 1. The summed E-state index contributed by atoms with van der Waals surface area (Å²) in [7, 11) is 1.37. The van der Waals surface area contributed by atoms with Crippen LogP contribution in [0.5, 0.6) is 0 Å². The molecule has 1 aromatic carbocycles. The summed E-state index contributed by atoms with van der Waals surface area (Å²) in [5.74, 6) is -0.326. The van der Waals surface area contributed by atoms with Crippen LogP contribution in [0.1, 0.15) is 22.6 Å². The first-order valence-corrected chi connectivity index (χ1v) is 7.03. The highest BCUT2D eigenvalue weighted by molar-refractivity contribution is 6.01. The second-order valence-corrected chi connectivity index (χ2v) is 5.04. The minimum atomic E-state index is -4.98. The first kappa shape index (κ1) is 20.1. The maximum Gasteiger partial charge on any atom is 0.416 e. The molecule has 0 N–H and O–H groups in total. The highest BCUT2D eigenvalue weighted by atomic mass is 19.4. The maximum atomic E-state index is 12.9. The van der Waals surface area contributed by atoms with Crippen molar-refractivity contribution in [1.82, 2.24) is 15.2 Å². The lowest BCUT2D eigenvalue weighted by atomic mass is 10.0. The van der Waals surface area contributed by atoms with E-state index in [0.29, 0.717) is 12.1 Å². The third-order valence-corrected chi connectivity index (χ3v) is 3.06. The molecule has 0 spiro atoms. The second-order valence-electron chi connectivity index (χ2n) is 5.04. The molecular formula is C15H11F6N5O. The van der Waals surface area contributed by atoms with Crippen molar-refractivity contribution in [2.24, 2.45) is 10.1 Å². The van der Waals surface area contributed by atoms with E-state index in [9.17, 15) is 26.3 Å². The molecule has 0 saturated heterocycles. The molecule has 0 atom stereocenters. The minimum Gasteiger partial charge on any atom is -0.424 e. The van der Waals surface area contributed by atoms with Crippen LogP contribution in [0, 0.1) is 0 Å². The number of hydrogen-bond donors (Lipinski definition) is 0. The number of rotatable bonds is 4. The number of aromatic nitrogens is 2. The van der Waals surface area contributed by atoms with Crippen molar-refractivity contribution in [2.45, 2.75) is 12.4 Å². The number of nitrogens with zero attached hydrogens (tertiary/aromatic N) is 5. The van der Waals surface area contributed by atoms with Gasteiger partial charge in [0.25, 0.3) is 0 Å². The summed E-state index contributed by atoms with van der Waals surface area (Å²) in [6.07, 6.45) is -6.28. The number of aliphatic imine (C=N–C) groups is 1. The molecule has 0 bridgehead atoms. The number of benzene rings is 1. The molecule has 0 unspecified atom stereocenters. The Morgan fingerprint density at radius 1 is 1.11 bits per heavy atom. The van der Waals surface area contributed by atoms with E-state index < -0.39 is 34.9 Å². The number of hydrogen-bond acceptors (Lipinski definition) is 5. The molecule has 1 aromatic heterocycles. The molecule has 2 rings (SSSR count). The van der Waals surface area contributed by atoms with Crippen molar-refractivity contribution in [1.29, 1.82) is 0 Å². The van der Waals surface area contributed by atoms with Gasteiger partial charge in [-0.3, -0.25) is 5.01 Å². The molecule has 0 saturated carbocycles. The Kier molecular flexibility index (Phi) is 5.66. The molecule has 2 aromatic rings. The van der Waals surface area contributed by atoms with Gasteiger partial charge in [0.05, 0.1) is 11.1 Å². The zero-order valence-corrected chi connectivity index (χ0v) is 13.6. The van der Waals surface area contributed by atoms with Crippen molar-refractivity contribution in [2.75, 3.05) is 7.05 Å².